The van der Waals surface area contributed by atoms with E-state index in [1.54, 1.807) is 0 Å². The van der Waals surface area contributed by atoms with Crippen molar-refractivity contribution in [1.29, 1.82) is 0 Å². The Balaban J connectivity index is 1.16. The molecule has 37 heavy (non-hydrogen) atoms. The van der Waals surface area contributed by atoms with Crippen molar-refractivity contribution < 1.29 is 24.0 Å². The number of alkyl carbamates (subject to hydrolysis) is 1. The van der Waals surface area contributed by atoms with Crippen LogP contribution in [0.5, 0.6) is 0 Å². The fraction of sp³-hybridized carbons (Fsp3) is 0.414. The summed E-state index contributed by atoms with van der Waals surface area (Å²) in [6.07, 6.45) is 2.41. The van der Waals surface area contributed by atoms with Crippen LogP contribution in [0, 0.1) is 6.92 Å². The average Bonchev–Trinajstić information content (AvgIpc) is 3.66. The minimum Gasteiger partial charge on any atom is -0.481 e. The third-order valence-electron chi connectivity index (χ3n) is 7.79. The highest BCUT2D eigenvalue weighted by molar-refractivity contribution is 5.85. The number of carboxylic acids is 1. The van der Waals surface area contributed by atoms with Crippen molar-refractivity contribution >= 4 is 17.7 Å². The van der Waals surface area contributed by atoms with Gasteiger partial charge in [0.1, 0.15) is 11.9 Å². The zero-order valence-electron chi connectivity index (χ0n) is 21.3. The number of carboxylic acid groups (broad SMARTS) is 1. The lowest BCUT2D eigenvalue weighted by Crippen LogP contribution is -2.33. The Morgan fingerprint density at radius 2 is 1.81 bits per heavy atom. The van der Waals surface area contributed by atoms with Crippen LogP contribution in [0.2, 0.25) is 0 Å². The Hall–Kier alpha value is -3.81. The first-order chi connectivity index (χ1) is 17.9. The topological polar surface area (TPSA) is 105 Å². The van der Waals surface area contributed by atoms with Crippen LogP contribution < -0.4 is 10.2 Å². The zero-order chi connectivity index (χ0) is 26.0. The fourth-order valence-electron chi connectivity index (χ4n) is 5.24. The monoisotopic (exact) mass is 503 g/mol. The highest BCUT2D eigenvalue weighted by Gasteiger charge is 2.51. The highest BCUT2D eigenvalue weighted by atomic mass is 16.6. The summed E-state index contributed by atoms with van der Waals surface area (Å²) >= 11 is 0. The van der Waals surface area contributed by atoms with E-state index in [1.165, 1.54) is 0 Å². The van der Waals surface area contributed by atoms with E-state index in [4.69, 9.17) is 9.26 Å². The van der Waals surface area contributed by atoms with Gasteiger partial charge in [0, 0.05) is 30.3 Å². The molecular formula is C29H33N3O5. The molecule has 2 aromatic carbocycles. The first-order valence-corrected chi connectivity index (χ1v) is 12.9. The molecule has 0 spiro atoms. The predicted octanol–water partition coefficient (Wildman–Crippen LogP) is 5.47. The molecule has 3 aromatic rings. The molecule has 5 rings (SSSR count). The van der Waals surface area contributed by atoms with Gasteiger partial charge in [-0.3, -0.25) is 4.79 Å². The van der Waals surface area contributed by atoms with E-state index >= 15 is 0 Å². The maximum Gasteiger partial charge on any atom is 0.408 e. The zero-order valence-corrected chi connectivity index (χ0v) is 21.3. The van der Waals surface area contributed by atoms with Crippen LogP contribution in [0.15, 0.2) is 59.1 Å². The summed E-state index contributed by atoms with van der Waals surface area (Å²) in [4.78, 5) is 26.4. The summed E-state index contributed by atoms with van der Waals surface area (Å²) in [6.45, 7) is 5.76. The molecule has 0 radical (unpaired) electrons. The van der Waals surface area contributed by atoms with Gasteiger partial charge in [0.15, 0.2) is 0 Å². The van der Waals surface area contributed by atoms with Crippen molar-refractivity contribution in [1.82, 2.24) is 10.5 Å². The largest absolute Gasteiger partial charge is 0.481 e. The maximum atomic E-state index is 12.4. The Bertz CT molecular complexity index is 1240. The van der Waals surface area contributed by atoms with Crippen LogP contribution in [0.1, 0.15) is 72.8 Å². The van der Waals surface area contributed by atoms with Crippen LogP contribution in [0.25, 0.3) is 0 Å². The van der Waals surface area contributed by atoms with Gasteiger partial charge in [-0.2, -0.15) is 0 Å². The molecule has 1 aliphatic carbocycles. The standard InChI is InChI=1S/C29H33N3O5/c1-19-25(18-30-28(35)36-20(2)21-6-4-3-5-7-21)26(37-31-19)22-12-16-32(17-13-22)24-10-8-23(9-11-24)29(14-15-29)27(33)34/h3-11,20,22H,12-18H2,1-2H3,(H,30,35)(H,33,34)/t20-/m0/s1. The van der Waals surface area contributed by atoms with Gasteiger partial charge < -0.3 is 24.6 Å². The van der Waals surface area contributed by atoms with E-state index in [9.17, 15) is 14.7 Å². The molecular weight excluding hydrogens is 470 g/mol. The second-order valence-corrected chi connectivity index (χ2v) is 10.1. The molecule has 1 saturated carbocycles. The molecule has 194 valence electrons. The van der Waals surface area contributed by atoms with Crippen LogP contribution >= 0.6 is 0 Å². The summed E-state index contributed by atoms with van der Waals surface area (Å²) in [7, 11) is 0. The Kier molecular flexibility index (Phi) is 6.91. The van der Waals surface area contributed by atoms with Crippen LogP contribution in [0.4, 0.5) is 10.5 Å². The number of aliphatic carboxylic acids is 1. The fourth-order valence-corrected chi connectivity index (χ4v) is 5.24. The molecule has 8 nitrogen and oxygen atoms in total. The maximum absolute atomic E-state index is 12.4. The molecule has 0 unspecified atom stereocenters. The number of hydrogen-bond acceptors (Lipinski definition) is 6. The number of carbonyl (C=O) groups excluding carboxylic acids is 1. The quantitative estimate of drug-likeness (QED) is 0.420. The molecule has 2 heterocycles. The number of benzene rings is 2. The highest BCUT2D eigenvalue weighted by Crippen LogP contribution is 2.48. The predicted molar refractivity (Wildman–Crippen MR) is 139 cm³/mol. The Morgan fingerprint density at radius 3 is 2.43 bits per heavy atom. The number of aromatic nitrogens is 1. The van der Waals surface area contributed by atoms with E-state index in [0.29, 0.717) is 19.4 Å². The van der Waals surface area contributed by atoms with Gasteiger partial charge in [-0.05, 0) is 62.8 Å². The van der Waals surface area contributed by atoms with Crippen molar-refractivity contribution in [3.63, 3.8) is 0 Å². The number of nitrogens with zero attached hydrogens (tertiary/aromatic N) is 2. The van der Waals surface area contributed by atoms with E-state index in [0.717, 1.165) is 59.8 Å². The van der Waals surface area contributed by atoms with Gasteiger partial charge in [0.2, 0.25) is 0 Å². The van der Waals surface area contributed by atoms with E-state index < -0.39 is 17.5 Å². The summed E-state index contributed by atoms with van der Waals surface area (Å²) in [5, 5.41) is 16.6. The number of amides is 1. The number of ether oxygens (including phenoxy) is 1. The Morgan fingerprint density at radius 1 is 1.14 bits per heavy atom. The number of aryl methyl sites for hydroxylation is 1. The minimum atomic E-state index is -0.729. The molecule has 1 amide bonds. The molecule has 8 heteroatoms. The van der Waals surface area contributed by atoms with E-state index in [-0.39, 0.29) is 12.0 Å². The summed E-state index contributed by atoms with van der Waals surface area (Å²) in [5.74, 6) is 0.322. The van der Waals surface area contributed by atoms with Gasteiger partial charge >= 0.3 is 12.1 Å². The lowest BCUT2D eigenvalue weighted by atomic mass is 9.90. The molecule has 1 aliphatic heterocycles. The molecule has 0 bridgehead atoms. The average molecular weight is 504 g/mol. The lowest BCUT2D eigenvalue weighted by molar-refractivity contribution is -0.140. The van der Waals surface area contributed by atoms with Crippen molar-refractivity contribution in [3.05, 3.63) is 82.7 Å². The SMILES string of the molecule is Cc1noc(C2CCN(c3ccc(C4(C(=O)O)CC4)cc3)CC2)c1CNC(=O)O[C@@H](C)c1ccccc1. The van der Waals surface area contributed by atoms with Crippen LogP contribution in [0.3, 0.4) is 0 Å². The normalized spacial score (nSPS) is 17.7. The van der Waals surface area contributed by atoms with E-state index in [1.807, 2.05) is 68.4 Å². The molecule has 1 aromatic heterocycles. The molecule has 2 N–H and O–H groups in total. The second-order valence-electron chi connectivity index (χ2n) is 10.1. The number of hydrogen-bond donors (Lipinski definition) is 2. The Labute approximate surface area is 216 Å². The second kappa shape index (κ2) is 10.3. The summed E-state index contributed by atoms with van der Waals surface area (Å²) in [6, 6.07) is 17.6. The van der Waals surface area contributed by atoms with Gasteiger partial charge in [0.05, 0.1) is 17.7 Å². The molecule has 2 aliphatic rings. The van der Waals surface area contributed by atoms with Crippen molar-refractivity contribution in [3.8, 4) is 0 Å². The van der Waals surface area contributed by atoms with Crippen LogP contribution in [-0.2, 0) is 21.5 Å². The minimum absolute atomic E-state index is 0.217. The molecule has 1 atom stereocenters. The first-order valence-electron chi connectivity index (χ1n) is 12.9. The van der Waals surface area contributed by atoms with Crippen LogP contribution in [-0.4, -0.2) is 35.4 Å². The van der Waals surface area contributed by atoms with Gasteiger partial charge in [-0.25, -0.2) is 4.79 Å². The number of rotatable bonds is 8. The number of piperidine rings is 1. The van der Waals surface area contributed by atoms with Crippen molar-refractivity contribution in [2.75, 3.05) is 18.0 Å². The number of nitrogens with one attached hydrogen (secondary N) is 1. The smallest absolute Gasteiger partial charge is 0.408 e. The van der Waals surface area contributed by atoms with Crippen molar-refractivity contribution in [2.45, 2.75) is 63.5 Å². The molecule has 1 saturated heterocycles. The third kappa shape index (κ3) is 5.19. The summed E-state index contributed by atoms with van der Waals surface area (Å²) in [5.41, 5.74) is 3.95. The first kappa shape index (κ1) is 24.9. The lowest BCUT2D eigenvalue weighted by Gasteiger charge is -2.33. The summed E-state index contributed by atoms with van der Waals surface area (Å²) < 4.78 is 11.3. The third-order valence-corrected chi connectivity index (χ3v) is 7.79. The van der Waals surface area contributed by atoms with Gasteiger partial charge in [-0.1, -0.05) is 47.6 Å². The number of anilines is 1. The van der Waals surface area contributed by atoms with Crippen molar-refractivity contribution in [2.24, 2.45) is 0 Å². The van der Waals surface area contributed by atoms with E-state index in [2.05, 4.69) is 15.4 Å². The van der Waals surface area contributed by atoms with Gasteiger partial charge in [0.25, 0.3) is 0 Å². The number of carbonyl (C=O) groups is 2. The molecule has 2 fully saturated rings. The van der Waals surface area contributed by atoms with Gasteiger partial charge in [-0.15, -0.1) is 0 Å².